The van der Waals surface area contributed by atoms with Crippen molar-refractivity contribution in [3.05, 3.63) is 24.3 Å². The monoisotopic (exact) mass is 242 g/mol. The van der Waals surface area contributed by atoms with Crippen LogP contribution in [-0.2, 0) is 14.3 Å². The maximum atomic E-state index is 10.9. The first-order valence-corrected chi connectivity index (χ1v) is 5.04. The van der Waals surface area contributed by atoms with Crippen LogP contribution in [0.2, 0.25) is 0 Å². The largest absolute Gasteiger partial charge is 0.466 e. The summed E-state index contributed by atoms with van der Waals surface area (Å²) in [6.07, 6.45) is 0. The van der Waals surface area contributed by atoms with Gasteiger partial charge in [-0.25, -0.2) is 4.79 Å². The zero-order valence-corrected chi connectivity index (χ0v) is 11.2. The number of methoxy groups -OCH3 is 1. The van der Waals surface area contributed by atoms with E-state index in [1.54, 1.807) is 6.92 Å². The topological polar surface area (TPSA) is 72.6 Å². The maximum absolute atomic E-state index is 10.9. The Morgan fingerprint density at radius 2 is 1.65 bits per heavy atom. The molecule has 0 aliphatic rings. The van der Waals surface area contributed by atoms with Crippen LogP contribution >= 0.6 is 0 Å². The van der Waals surface area contributed by atoms with Gasteiger partial charge in [-0.05, 0) is 27.9 Å². The number of carbonyl (C=O) groups is 2. The van der Waals surface area contributed by atoms with Crippen molar-refractivity contribution < 1.29 is 14.3 Å². The molecule has 1 atom stereocenters. The smallest absolute Gasteiger partial charge is 0.334 e. The van der Waals surface area contributed by atoms with E-state index in [1.165, 1.54) is 7.11 Å². The van der Waals surface area contributed by atoms with Gasteiger partial charge in [0.05, 0.1) is 7.11 Å². The maximum Gasteiger partial charge on any atom is 0.334 e. The molecule has 0 bridgehead atoms. The third-order valence-electron chi connectivity index (χ3n) is 2.15. The quantitative estimate of drug-likeness (QED) is 0.582. The van der Waals surface area contributed by atoms with Crippen LogP contribution in [0.25, 0.3) is 0 Å². The molecule has 0 aliphatic carbocycles. The van der Waals surface area contributed by atoms with Gasteiger partial charge in [-0.2, -0.15) is 0 Å². The van der Waals surface area contributed by atoms with Crippen molar-refractivity contribution in [2.75, 3.05) is 21.2 Å². The first-order valence-electron chi connectivity index (χ1n) is 5.04. The first kappa shape index (κ1) is 17.8. The highest BCUT2D eigenvalue weighted by Gasteiger charge is 2.15. The number of hydrogen-bond acceptors (Lipinski definition) is 4. The third kappa shape index (κ3) is 8.21. The molecule has 1 unspecified atom stereocenters. The number of likely N-dealkylation sites (N-methyl/N-ethyl adjacent to an activating group) is 1. The molecule has 2 N–H and O–H groups in total. The second-order valence-corrected chi connectivity index (χ2v) is 3.80. The summed E-state index contributed by atoms with van der Waals surface area (Å²) >= 11 is 0. The van der Waals surface area contributed by atoms with Gasteiger partial charge in [0.25, 0.3) is 0 Å². The van der Waals surface area contributed by atoms with Crippen LogP contribution in [0.4, 0.5) is 0 Å². The van der Waals surface area contributed by atoms with Crippen molar-refractivity contribution in [1.29, 1.82) is 0 Å². The number of rotatable bonds is 4. The number of esters is 1. The minimum atomic E-state index is -0.435. The van der Waals surface area contributed by atoms with E-state index in [-0.39, 0.29) is 12.0 Å². The Hall–Kier alpha value is -1.62. The minimum absolute atomic E-state index is 0.0300. The predicted molar refractivity (Wildman–Crippen MR) is 68.3 cm³/mol. The molecule has 98 valence electrons. The Labute approximate surface area is 103 Å². The fourth-order valence-corrected chi connectivity index (χ4v) is 0.613. The van der Waals surface area contributed by atoms with Gasteiger partial charge in [-0.3, -0.25) is 4.79 Å². The third-order valence-corrected chi connectivity index (χ3v) is 2.15. The summed E-state index contributed by atoms with van der Waals surface area (Å²) in [6.45, 7) is 10.4. The van der Waals surface area contributed by atoms with Gasteiger partial charge >= 0.3 is 5.97 Å². The molecular weight excluding hydrogens is 220 g/mol. The molecule has 0 heterocycles. The molecule has 0 spiro atoms. The summed E-state index contributed by atoms with van der Waals surface area (Å²) in [7, 11) is 5.13. The van der Waals surface area contributed by atoms with E-state index in [9.17, 15) is 9.59 Å². The number of primary amides is 1. The molecule has 0 rings (SSSR count). The highest BCUT2D eigenvalue weighted by molar-refractivity contribution is 5.90. The van der Waals surface area contributed by atoms with Gasteiger partial charge in [-0.1, -0.05) is 13.2 Å². The molecule has 0 aromatic carbocycles. The van der Waals surface area contributed by atoms with Gasteiger partial charge in [0.2, 0.25) is 5.91 Å². The van der Waals surface area contributed by atoms with Gasteiger partial charge in [0.15, 0.2) is 0 Å². The number of carbonyl (C=O) groups excluding carboxylic acids is 2. The van der Waals surface area contributed by atoms with Crippen molar-refractivity contribution >= 4 is 11.9 Å². The number of ether oxygens (including phenoxy) is 1. The van der Waals surface area contributed by atoms with E-state index >= 15 is 0 Å². The minimum Gasteiger partial charge on any atom is -0.466 e. The average Bonchev–Trinajstić information content (AvgIpc) is 2.26. The molecule has 0 aromatic rings. The lowest BCUT2D eigenvalue weighted by molar-refractivity contribution is -0.136. The highest BCUT2D eigenvalue weighted by atomic mass is 16.5. The van der Waals surface area contributed by atoms with Crippen LogP contribution in [0.3, 0.4) is 0 Å². The molecule has 0 aromatic heterocycles. The Morgan fingerprint density at radius 3 is 1.82 bits per heavy atom. The zero-order chi connectivity index (χ0) is 14.2. The molecule has 17 heavy (non-hydrogen) atoms. The van der Waals surface area contributed by atoms with Gasteiger partial charge in [0, 0.05) is 17.2 Å². The zero-order valence-electron chi connectivity index (χ0n) is 11.2. The number of hydrogen-bond donors (Lipinski definition) is 1. The summed E-state index contributed by atoms with van der Waals surface area (Å²) < 4.78 is 4.52. The highest BCUT2D eigenvalue weighted by Crippen LogP contribution is 2.05. The van der Waals surface area contributed by atoms with Gasteiger partial charge in [0.1, 0.15) is 0 Å². The second-order valence-electron chi connectivity index (χ2n) is 3.80. The molecule has 5 nitrogen and oxygen atoms in total. The summed E-state index contributed by atoms with van der Waals surface area (Å²) in [5.41, 5.74) is 5.58. The van der Waals surface area contributed by atoms with Crippen molar-refractivity contribution in [3.8, 4) is 0 Å². The van der Waals surface area contributed by atoms with Crippen LogP contribution in [0, 0.1) is 0 Å². The lowest BCUT2D eigenvalue weighted by atomic mass is 10.1. The molecule has 0 fully saturated rings. The Kier molecular flexibility index (Phi) is 8.91. The number of nitrogens with zero attached hydrogens (tertiary/aromatic N) is 1. The molecule has 0 saturated heterocycles. The van der Waals surface area contributed by atoms with E-state index in [2.05, 4.69) is 17.9 Å². The first-order chi connectivity index (χ1) is 7.64. The van der Waals surface area contributed by atoms with Crippen LogP contribution in [-0.4, -0.2) is 44.0 Å². The predicted octanol–water partition coefficient (Wildman–Crippen LogP) is 0.714. The van der Waals surface area contributed by atoms with E-state index in [1.807, 2.05) is 25.9 Å². The second kappa shape index (κ2) is 8.52. The summed E-state index contributed by atoms with van der Waals surface area (Å²) in [4.78, 5) is 22.6. The van der Waals surface area contributed by atoms with Crippen molar-refractivity contribution in [2.24, 2.45) is 5.73 Å². The Bertz CT molecular complexity index is 297. The van der Waals surface area contributed by atoms with Gasteiger partial charge in [-0.15, -0.1) is 0 Å². The molecular formula is C12H22N2O3. The van der Waals surface area contributed by atoms with Crippen molar-refractivity contribution in [2.45, 2.75) is 19.9 Å². The number of amides is 1. The molecule has 1 amide bonds. The van der Waals surface area contributed by atoms with Crippen molar-refractivity contribution in [1.82, 2.24) is 4.90 Å². The van der Waals surface area contributed by atoms with E-state index in [4.69, 9.17) is 5.73 Å². The SMILES string of the molecule is C=C(C(=O)OC)C(C)N(C)C.C=C(C)C(N)=O. The number of nitrogens with two attached hydrogens (primary N) is 1. The fourth-order valence-electron chi connectivity index (χ4n) is 0.613. The fraction of sp³-hybridized carbons (Fsp3) is 0.500. The summed E-state index contributed by atoms with van der Waals surface area (Å²) in [5, 5.41) is 0. The lowest BCUT2D eigenvalue weighted by Gasteiger charge is -2.20. The lowest BCUT2D eigenvalue weighted by Crippen LogP contribution is -2.30. The van der Waals surface area contributed by atoms with E-state index in [0.717, 1.165) is 0 Å². The molecule has 0 aliphatic heterocycles. The van der Waals surface area contributed by atoms with Gasteiger partial charge < -0.3 is 15.4 Å². The van der Waals surface area contributed by atoms with Crippen LogP contribution in [0.5, 0.6) is 0 Å². The molecule has 5 heteroatoms. The van der Waals surface area contributed by atoms with Crippen LogP contribution < -0.4 is 5.73 Å². The standard InChI is InChI=1S/C8H15NO2.C4H7NO/c1-6(8(10)11-5)7(2)9(3)4;1-3(2)4(5)6/h7H,1H2,2-5H3;1H2,2H3,(H2,5,6). The normalized spacial score (nSPS) is 10.9. The molecule has 0 radical (unpaired) electrons. The van der Waals surface area contributed by atoms with Crippen LogP contribution in [0.1, 0.15) is 13.8 Å². The van der Waals surface area contributed by atoms with E-state index < -0.39 is 5.91 Å². The Balaban J connectivity index is 0. The van der Waals surface area contributed by atoms with Crippen LogP contribution in [0.15, 0.2) is 24.3 Å². The summed E-state index contributed by atoms with van der Waals surface area (Å²) in [6, 6.07) is 0.0300. The van der Waals surface area contributed by atoms with Crippen molar-refractivity contribution in [3.63, 3.8) is 0 Å². The Morgan fingerprint density at radius 1 is 1.29 bits per heavy atom. The van der Waals surface area contributed by atoms with E-state index in [0.29, 0.717) is 11.1 Å². The molecule has 0 saturated carbocycles. The summed E-state index contributed by atoms with van der Waals surface area (Å²) in [5.74, 6) is -0.777. The average molecular weight is 242 g/mol.